The van der Waals surface area contributed by atoms with Crippen molar-refractivity contribution in [3.05, 3.63) is 65.5 Å². The molecule has 2 rings (SSSR count). The lowest BCUT2D eigenvalue weighted by atomic mass is 9.99. The Labute approximate surface area is 119 Å². The zero-order valence-electron chi connectivity index (χ0n) is 11.0. The SMILES string of the molecule is NCC(Nc1ccccc1F)c1ccccc1C(F)(F)F. The molecule has 1 atom stereocenters. The van der Waals surface area contributed by atoms with Gasteiger partial charge in [-0.15, -0.1) is 0 Å². The van der Waals surface area contributed by atoms with E-state index in [1.54, 1.807) is 6.07 Å². The van der Waals surface area contributed by atoms with Crippen molar-refractivity contribution in [1.82, 2.24) is 0 Å². The zero-order chi connectivity index (χ0) is 15.5. The molecule has 2 nitrogen and oxygen atoms in total. The number of benzene rings is 2. The molecule has 1 unspecified atom stereocenters. The number of alkyl halides is 3. The van der Waals surface area contributed by atoms with Gasteiger partial charge in [0, 0.05) is 6.54 Å². The van der Waals surface area contributed by atoms with Crippen LogP contribution in [0.5, 0.6) is 0 Å². The summed E-state index contributed by atoms with van der Waals surface area (Å²) in [5, 5.41) is 2.73. The summed E-state index contributed by atoms with van der Waals surface area (Å²) in [4.78, 5) is 0. The van der Waals surface area contributed by atoms with Gasteiger partial charge in [-0.05, 0) is 23.8 Å². The Morgan fingerprint density at radius 3 is 2.24 bits per heavy atom. The summed E-state index contributed by atoms with van der Waals surface area (Å²) in [6, 6.07) is 10.1. The molecular formula is C15H14F4N2. The van der Waals surface area contributed by atoms with Crippen molar-refractivity contribution in [3.63, 3.8) is 0 Å². The largest absolute Gasteiger partial charge is 0.416 e. The second-order valence-electron chi connectivity index (χ2n) is 4.50. The van der Waals surface area contributed by atoms with E-state index in [9.17, 15) is 17.6 Å². The molecular weight excluding hydrogens is 284 g/mol. The number of hydrogen-bond acceptors (Lipinski definition) is 2. The molecule has 3 N–H and O–H groups in total. The summed E-state index contributed by atoms with van der Waals surface area (Å²) in [7, 11) is 0. The van der Waals surface area contributed by atoms with E-state index < -0.39 is 23.6 Å². The molecule has 0 bridgehead atoms. The first kappa shape index (κ1) is 15.3. The molecule has 2 aromatic carbocycles. The fraction of sp³-hybridized carbons (Fsp3) is 0.200. The fourth-order valence-electron chi connectivity index (χ4n) is 2.09. The van der Waals surface area contributed by atoms with E-state index in [4.69, 9.17) is 5.73 Å². The summed E-state index contributed by atoms with van der Waals surface area (Å²) in [5.74, 6) is -0.541. The van der Waals surface area contributed by atoms with Crippen LogP contribution in [0.4, 0.5) is 23.2 Å². The van der Waals surface area contributed by atoms with E-state index in [0.29, 0.717) is 0 Å². The topological polar surface area (TPSA) is 38.0 Å². The first-order valence-electron chi connectivity index (χ1n) is 6.30. The molecule has 0 heterocycles. The van der Waals surface area contributed by atoms with Gasteiger partial charge in [0.1, 0.15) is 5.82 Å². The Bertz CT molecular complexity index is 611. The molecule has 6 heteroatoms. The number of anilines is 1. The van der Waals surface area contributed by atoms with E-state index in [1.165, 1.54) is 36.4 Å². The molecule has 0 saturated heterocycles. The van der Waals surface area contributed by atoms with Crippen molar-refractivity contribution in [2.75, 3.05) is 11.9 Å². The van der Waals surface area contributed by atoms with Crippen molar-refractivity contribution in [1.29, 1.82) is 0 Å². The minimum Gasteiger partial charge on any atom is -0.375 e. The first-order valence-corrected chi connectivity index (χ1v) is 6.30. The average Bonchev–Trinajstić information content (AvgIpc) is 2.45. The summed E-state index contributed by atoms with van der Waals surface area (Å²) in [5.41, 5.74) is 4.90. The van der Waals surface area contributed by atoms with Gasteiger partial charge in [0.15, 0.2) is 0 Å². The van der Waals surface area contributed by atoms with Gasteiger partial charge in [-0.25, -0.2) is 4.39 Å². The second-order valence-corrected chi connectivity index (χ2v) is 4.50. The molecule has 0 aromatic heterocycles. The molecule has 2 aromatic rings. The lowest BCUT2D eigenvalue weighted by Gasteiger charge is -2.22. The Morgan fingerprint density at radius 2 is 1.62 bits per heavy atom. The maximum atomic E-state index is 13.6. The monoisotopic (exact) mass is 298 g/mol. The van der Waals surface area contributed by atoms with Crippen LogP contribution in [0.2, 0.25) is 0 Å². The summed E-state index contributed by atoms with van der Waals surface area (Å²) < 4.78 is 52.7. The van der Waals surface area contributed by atoms with E-state index >= 15 is 0 Å². The van der Waals surface area contributed by atoms with Gasteiger partial charge in [-0.3, -0.25) is 0 Å². The van der Waals surface area contributed by atoms with Gasteiger partial charge in [0.2, 0.25) is 0 Å². The Morgan fingerprint density at radius 1 is 1.00 bits per heavy atom. The van der Waals surface area contributed by atoms with Gasteiger partial charge in [-0.1, -0.05) is 30.3 Å². The zero-order valence-corrected chi connectivity index (χ0v) is 11.0. The Balaban J connectivity index is 2.37. The minimum absolute atomic E-state index is 0.00393. The highest BCUT2D eigenvalue weighted by Gasteiger charge is 2.34. The number of rotatable bonds is 4. The van der Waals surface area contributed by atoms with E-state index in [2.05, 4.69) is 5.32 Å². The number of para-hydroxylation sites is 1. The van der Waals surface area contributed by atoms with Crippen LogP contribution in [0.25, 0.3) is 0 Å². The first-order chi connectivity index (χ1) is 9.93. The third kappa shape index (κ3) is 3.52. The third-order valence-corrected chi connectivity index (χ3v) is 3.08. The Kier molecular flexibility index (Phi) is 4.47. The van der Waals surface area contributed by atoms with Crippen molar-refractivity contribution in [3.8, 4) is 0 Å². The van der Waals surface area contributed by atoms with Crippen LogP contribution in [0.15, 0.2) is 48.5 Å². The summed E-state index contributed by atoms with van der Waals surface area (Å²) in [6.07, 6.45) is -4.49. The van der Waals surface area contributed by atoms with Crippen LogP contribution in [0.3, 0.4) is 0 Å². The van der Waals surface area contributed by atoms with E-state index in [1.807, 2.05) is 0 Å². The van der Waals surface area contributed by atoms with Gasteiger partial charge in [0.05, 0.1) is 17.3 Å². The molecule has 0 aliphatic carbocycles. The maximum Gasteiger partial charge on any atom is 0.416 e. The fourth-order valence-corrected chi connectivity index (χ4v) is 2.09. The van der Waals surface area contributed by atoms with Crippen molar-refractivity contribution in [2.24, 2.45) is 5.73 Å². The van der Waals surface area contributed by atoms with Crippen LogP contribution in [-0.4, -0.2) is 6.54 Å². The van der Waals surface area contributed by atoms with Gasteiger partial charge in [-0.2, -0.15) is 13.2 Å². The highest BCUT2D eigenvalue weighted by Crippen LogP contribution is 2.35. The lowest BCUT2D eigenvalue weighted by Crippen LogP contribution is -2.24. The molecule has 0 aliphatic rings. The molecule has 0 spiro atoms. The number of nitrogens with two attached hydrogens (primary N) is 1. The highest BCUT2D eigenvalue weighted by molar-refractivity contribution is 5.48. The van der Waals surface area contributed by atoms with Crippen LogP contribution in [0.1, 0.15) is 17.2 Å². The summed E-state index contributed by atoms with van der Waals surface area (Å²) >= 11 is 0. The summed E-state index contributed by atoms with van der Waals surface area (Å²) in [6.45, 7) is -0.0958. The quantitative estimate of drug-likeness (QED) is 0.839. The predicted octanol–water partition coefficient (Wildman–Crippen LogP) is 3.96. The van der Waals surface area contributed by atoms with Crippen molar-refractivity contribution in [2.45, 2.75) is 12.2 Å². The number of nitrogens with one attached hydrogen (secondary N) is 1. The number of hydrogen-bond donors (Lipinski definition) is 2. The van der Waals surface area contributed by atoms with Crippen LogP contribution >= 0.6 is 0 Å². The van der Waals surface area contributed by atoms with Gasteiger partial charge >= 0.3 is 6.18 Å². The van der Waals surface area contributed by atoms with Gasteiger partial charge in [0.25, 0.3) is 0 Å². The standard InChI is InChI=1S/C15H14F4N2/c16-12-7-3-4-8-13(12)21-14(9-20)10-5-1-2-6-11(10)15(17,18)19/h1-8,14,21H,9,20H2. The molecule has 0 fully saturated rings. The smallest absolute Gasteiger partial charge is 0.375 e. The lowest BCUT2D eigenvalue weighted by molar-refractivity contribution is -0.138. The average molecular weight is 298 g/mol. The van der Waals surface area contributed by atoms with E-state index in [0.717, 1.165) is 6.07 Å². The molecule has 0 saturated carbocycles. The molecule has 112 valence electrons. The van der Waals surface area contributed by atoms with Gasteiger partial charge < -0.3 is 11.1 Å². The number of halogens is 4. The van der Waals surface area contributed by atoms with Crippen molar-refractivity contribution >= 4 is 5.69 Å². The predicted molar refractivity (Wildman–Crippen MR) is 73.3 cm³/mol. The van der Waals surface area contributed by atoms with E-state index in [-0.39, 0.29) is 17.8 Å². The maximum absolute atomic E-state index is 13.6. The molecule has 0 amide bonds. The van der Waals surface area contributed by atoms with Crippen LogP contribution in [0, 0.1) is 5.82 Å². The molecule has 0 aliphatic heterocycles. The molecule has 21 heavy (non-hydrogen) atoms. The third-order valence-electron chi connectivity index (χ3n) is 3.08. The van der Waals surface area contributed by atoms with Crippen LogP contribution in [-0.2, 0) is 6.18 Å². The minimum atomic E-state index is -4.49. The second kappa shape index (κ2) is 6.13. The van der Waals surface area contributed by atoms with Crippen LogP contribution < -0.4 is 11.1 Å². The normalized spacial score (nSPS) is 13.0. The Hall–Kier alpha value is -2.08. The molecule has 0 radical (unpaired) electrons. The highest BCUT2D eigenvalue weighted by atomic mass is 19.4. The van der Waals surface area contributed by atoms with Crippen molar-refractivity contribution < 1.29 is 17.6 Å².